The Morgan fingerprint density at radius 3 is 2.58 bits per heavy atom. The molecule has 0 heterocycles. The first-order chi connectivity index (χ1) is 9.11. The molecule has 2 heteroatoms. The SMILES string of the molecule is CCc1cccc(C(=O)Nc2cccc(C)c2C)c1. The lowest BCUT2D eigenvalue weighted by Gasteiger charge is -2.10. The lowest BCUT2D eigenvalue weighted by Crippen LogP contribution is -2.13. The summed E-state index contributed by atoms with van der Waals surface area (Å²) in [5, 5.41) is 2.98. The Labute approximate surface area is 114 Å². The predicted molar refractivity (Wildman–Crippen MR) is 79.7 cm³/mol. The summed E-state index contributed by atoms with van der Waals surface area (Å²) in [6, 6.07) is 13.7. The number of rotatable bonds is 3. The number of hydrogen-bond acceptors (Lipinski definition) is 1. The second-order valence-corrected chi connectivity index (χ2v) is 4.76. The maximum Gasteiger partial charge on any atom is 0.255 e. The number of benzene rings is 2. The van der Waals surface area contributed by atoms with Crippen molar-refractivity contribution in [2.45, 2.75) is 27.2 Å². The molecular weight excluding hydrogens is 234 g/mol. The van der Waals surface area contributed by atoms with Crippen molar-refractivity contribution in [2.75, 3.05) is 5.32 Å². The van der Waals surface area contributed by atoms with Crippen molar-refractivity contribution in [1.82, 2.24) is 0 Å². The first-order valence-corrected chi connectivity index (χ1v) is 6.58. The number of hydrogen-bond donors (Lipinski definition) is 1. The topological polar surface area (TPSA) is 29.1 Å². The van der Waals surface area contributed by atoms with Crippen molar-refractivity contribution < 1.29 is 4.79 Å². The Kier molecular flexibility index (Phi) is 4.00. The van der Waals surface area contributed by atoms with E-state index in [-0.39, 0.29) is 5.91 Å². The molecule has 0 unspecified atom stereocenters. The Bertz CT molecular complexity index is 602. The van der Waals surface area contributed by atoms with E-state index in [2.05, 4.69) is 12.2 Å². The molecule has 0 spiro atoms. The van der Waals surface area contributed by atoms with Gasteiger partial charge in [0, 0.05) is 11.3 Å². The van der Waals surface area contributed by atoms with Crippen LogP contribution in [0.3, 0.4) is 0 Å². The normalized spacial score (nSPS) is 10.3. The first kappa shape index (κ1) is 13.3. The van der Waals surface area contributed by atoms with E-state index < -0.39 is 0 Å². The zero-order valence-electron chi connectivity index (χ0n) is 11.7. The van der Waals surface area contributed by atoms with Gasteiger partial charge in [-0.15, -0.1) is 0 Å². The van der Waals surface area contributed by atoms with Gasteiger partial charge in [-0.1, -0.05) is 31.2 Å². The van der Waals surface area contributed by atoms with Crippen LogP contribution in [0.25, 0.3) is 0 Å². The second kappa shape index (κ2) is 5.70. The van der Waals surface area contributed by atoms with Crippen LogP contribution in [-0.2, 0) is 6.42 Å². The zero-order chi connectivity index (χ0) is 13.8. The van der Waals surface area contributed by atoms with Gasteiger partial charge >= 0.3 is 0 Å². The molecule has 0 radical (unpaired) electrons. The van der Waals surface area contributed by atoms with E-state index in [1.54, 1.807) is 0 Å². The molecule has 1 N–H and O–H groups in total. The van der Waals surface area contributed by atoms with Gasteiger partial charge in [-0.3, -0.25) is 4.79 Å². The Morgan fingerprint density at radius 2 is 1.84 bits per heavy atom. The van der Waals surface area contributed by atoms with Crippen LogP contribution in [0.1, 0.15) is 34.0 Å². The van der Waals surface area contributed by atoms with Crippen molar-refractivity contribution in [1.29, 1.82) is 0 Å². The number of amides is 1. The maximum absolute atomic E-state index is 12.2. The largest absolute Gasteiger partial charge is 0.322 e. The van der Waals surface area contributed by atoms with Crippen LogP contribution in [0.15, 0.2) is 42.5 Å². The third-order valence-corrected chi connectivity index (χ3v) is 3.45. The molecule has 1 amide bonds. The standard InChI is InChI=1S/C17H19NO/c1-4-14-8-6-9-15(11-14)17(19)18-16-10-5-7-12(2)13(16)3/h5-11H,4H2,1-3H3,(H,18,19). The molecule has 0 aromatic heterocycles. The smallest absolute Gasteiger partial charge is 0.255 e. The molecule has 0 atom stereocenters. The average molecular weight is 253 g/mol. The number of carbonyl (C=O) groups is 1. The minimum absolute atomic E-state index is 0.0519. The summed E-state index contributed by atoms with van der Waals surface area (Å²) in [6.07, 6.45) is 0.935. The summed E-state index contributed by atoms with van der Waals surface area (Å²) in [5.74, 6) is -0.0519. The van der Waals surface area contributed by atoms with E-state index in [0.29, 0.717) is 5.56 Å². The van der Waals surface area contributed by atoms with Gasteiger partial charge in [0.2, 0.25) is 0 Å². The van der Waals surface area contributed by atoms with Gasteiger partial charge in [0.05, 0.1) is 0 Å². The molecule has 2 rings (SSSR count). The lowest BCUT2D eigenvalue weighted by atomic mass is 10.1. The highest BCUT2D eigenvalue weighted by atomic mass is 16.1. The van der Waals surface area contributed by atoms with Gasteiger partial charge in [0.15, 0.2) is 0 Å². The van der Waals surface area contributed by atoms with E-state index in [4.69, 9.17) is 0 Å². The molecule has 2 aromatic carbocycles. The van der Waals surface area contributed by atoms with Crippen LogP contribution in [0.2, 0.25) is 0 Å². The third kappa shape index (κ3) is 3.02. The molecular formula is C17H19NO. The van der Waals surface area contributed by atoms with E-state index in [9.17, 15) is 4.79 Å². The fourth-order valence-electron chi connectivity index (χ4n) is 2.01. The molecule has 0 aliphatic rings. The van der Waals surface area contributed by atoms with Gasteiger partial charge in [0.1, 0.15) is 0 Å². The van der Waals surface area contributed by atoms with Crippen molar-refractivity contribution in [3.8, 4) is 0 Å². The molecule has 0 fully saturated rings. The van der Waals surface area contributed by atoms with Crippen molar-refractivity contribution in [3.63, 3.8) is 0 Å². The van der Waals surface area contributed by atoms with Gasteiger partial charge in [0.25, 0.3) is 5.91 Å². The van der Waals surface area contributed by atoms with Crippen molar-refractivity contribution >= 4 is 11.6 Å². The number of nitrogens with one attached hydrogen (secondary N) is 1. The average Bonchev–Trinajstić information content (AvgIpc) is 2.44. The highest BCUT2D eigenvalue weighted by Crippen LogP contribution is 2.19. The number of anilines is 1. The Hall–Kier alpha value is -2.09. The molecule has 2 aromatic rings. The van der Waals surface area contributed by atoms with Gasteiger partial charge in [-0.05, 0) is 55.2 Å². The first-order valence-electron chi connectivity index (χ1n) is 6.58. The van der Waals surface area contributed by atoms with Crippen LogP contribution in [0.4, 0.5) is 5.69 Å². The van der Waals surface area contributed by atoms with E-state index in [0.717, 1.165) is 17.7 Å². The van der Waals surface area contributed by atoms with E-state index in [1.807, 2.05) is 56.3 Å². The van der Waals surface area contributed by atoms with Crippen LogP contribution >= 0.6 is 0 Å². The summed E-state index contributed by atoms with van der Waals surface area (Å²) < 4.78 is 0. The van der Waals surface area contributed by atoms with Crippen LogP contribution < -0.4 is 5.32 Å². The molecule has 0 saturated carbocycles. The summed E-state index contributed by atoms with van der Waals surface area (Å²) in [5.41, 5.74) is 5.06. The lowest BCUT2D eigenvalue weighted by molar-refractivity contribution is 0.102. The minimum Gasteiger partial charge on any atom is -0.322 e. The summed E-state index contributed by atoms with van der Waals surface area (Å²) in [7, 11) is 0. The Balaban J connectivity index is 2.23. The molecule has 19 heavy (non-hydrogen) atoms. The van der Waals surface area contributed by atoms with Gasteiger partial charge < -0.3 is 5.32 Å². The highest BCUT2D eigenvalue weighted by Gasteiger charge is 2.08. The van der Waals surface area contributed by atoms with Gasteiger partial charge in [-0.25, -0.2) is 0 Å². The second-order valence-electron chi connectivity index (χ2n) is 4.76. The quantitative estimate of drug-likeness (QED) is 0.876. The molecule has 0 bridgehead atoms. The summed E-state index contributed by atoms with van der Waals surface area (Å²) >= 11 is 0. The van der Waals surface area contributed by atoms with Gasteiger partial charge in [-0.2, -0.15) is 0 Å². The molecule has 2 nitrogen and oxygen atoms in total. The highest BCUT2D eigenvalue weighted by molar-refractivity contribution is 6.04. The molecule has 0 aliphatic heterocycles. The molecule has 0 saturated heterocycles. The van der Waals surface area contributed by atoms with Crippen molar-refractivity contribution in [2.24, 2.45) is 0 Å². The fourth-order valence-corrected chi connectivity index (χ4v) is 2.01. The third-order valence-electron chi connectivity index (χ3n) is 3.45. The zero-order valence-corrected chi connectivity index (χ0v) is 11.7. The van der Waals surface area contributed by atoms with Crippen molar-refractivity contribution in [3.05, 3.63) is 64.7 Å². The monoisotopic (exact) mass is 253 g/mol. The maximum atomic E-state index is 12.2. The van der Waals surface area contributed by atoms with E-state index >= 15 is 0 Å². The Morgan fingerprint density at radius 1 is 1.11 bits per heavy atom. The number of carbonyl (C=O) groups excluding carboxylic acids is 1. The molecule has 98 valence electrons. The van der Waals surface area contributed by atoms with E-state index in [1.165, 1.54) is 11.1 Å². The molecule has 0 aliphatic carbocycles. The summed E-state index contributed by atoms with van der Waals surface area (Å²) in [4.78, 5) is 12.2. The van der Waals surface area contributed by atoms with Crippen LogP contribution in [0.5, 0.6) is 0 Å². The predicted octanol–water partition coefficient (Wildman–Crippen LogP) is 4.12. The van der Waals surface area contributed by atoms with Crippen LogP contribution in [0, 0.1) is 13.8 Å². The van der Waals surface area contributed by atoms with Crippen LogP contribution in [-0.4, -0.2) is 5.91 Å². The number of aryl methyl sites for hydroxylation is 2. The summed E-state index contributed by atoms with van der Waals surface area (Å²) in [6.45, 7) is 6.15. The minimum atomic E-state index is -0.0519. The fraction of sp³-hybridized carbons (Fsp3) is 0.235.